The Morgan fingerprint density at radius 3 is 2.27 bits per heavy atom. The molecule has 0 bridgehead atoms. The van der Waals surface area contributed by atoms with Gasteiger partial charge in [-0.3, -0.25) is 4.79 Å². The number of piperidine rings is 1. The van der Waals surface area contributed by atoms with E-state index in [1.54, 1.807) is 4.90 Å². The number of alkyl halides is 3. The average Bonchev–Trinajstić information content (AvgIpc) is 2.97. The topological polar surface area (TPSA) is 35.6 Å². The highest BCUT2D eigenvalue weighted by molar-refractivity contribution is 5.65. The molecule has 0 unspecified atom stereocenters. The van der Waals surface area contributed by atoms with Gasteiger partial charge < -0.3 is 15.1 Å². The van der Waals surface area contributed by atoms with Crippen LogP contribution in [0.4, 0.5) is 30.2 Å². The summed E-state index contributed by atoms with van der Waals surface area (Å²) in [6, 6.07) is 13.9. The van der Waals surface area contributed by atoms with Crippen molar-refractivity contribution in [2.24, 2.45) is 5.92 Å². The summed E-state index contributed by atoms with van der Waals surface area (Å²) in [7, 11) is 0. The van der Waals surface area contributed by atoms with Gasteiger partial charge in [0.05, 0.1) is 11.5 Å². The molecular weight excluding hydrogens is 391 g/mol. The van der Waals surface area contributed by atoms with E-state index in [4.69, 9.17) is 0 Å². The zero-order chi connectivity index (χ0) is 21.5. The number of fused-ring (bicyclic) bond motifs is 1. The summed E-state index contributed by atoms with van der Waals surface area (Å²) in [5.74, 6) is -1.19. The predicted octanol–water partition coefficient (Wildman–Crippen LogP) is 5.42. The lowest BCUT2D eigenvalue weighted by molar-refractivity contribution is -0.179. The van der Waals surface area contributed by atoms with Gasteiger partial charge in [0.2, 0.25) is 6.41 Å². The number of carbonyl (C=O) groups excluding carboxylic acids is 1. The first-order chi connectivity index (χ1) is 14.2. The molecule has 0 aromatic heterocycles. The van der Waals surface area contributed by atoms with Gasteiger partial charge in [0.1, 0.15) is 0 Å². The Morgan fingerprint density at radius 1 is 1.03 bits per heavy atom. The summed E-state index contributed by atoms with van der Waals surface area (Å²) >= 11 is 0. The fourth-order valence-corrected chi connectivity index (χ4v) is 4.49. The zero-order valence-electron chi connectivity index (χ0n) is 17.2. The molecule has 1 saturated heterocycles. The average molecular weight is 417 g/mol. The Balaban J connectivity index is 1.41. The summed E-state index contributed by atoms with van der Waals surface area (Å²) in [4.78, 5) is 15.1. The molecule has 1 N–H and O–H groups in total. The number of halogens is 3. The summed E-state index contributed by atoms with van der Waals surface area (Å²) in [5.41, 5.74) is 4.76. The highest BCUT2D eigenvalue weighted by Crippen LogP contribution is 2.39. The van der Waals surface area contributed by atoms with E-state index in [0.717, 1.165) is 34.6 Å². The number of rotatable bonds is 4. The fourth-order valence-electron chi connectivity index (χ4n) is 4.49. The van der Waals surface area contributed by atoms with Gasteiger partial charge in [-0.15, -0.1) is 0 Å². The second-order valence-electron chi connectivity index (χ2n) is 8.64. The van der Waals surface area contributed by atoms with Crippen LogP contribution in [0, 0.1) is 5.92 Å². The molecule has 0 saturated carbocycles. The van der Waals surface area contributed by atoms with Crippen LogP contribution < -0.4 is 10.2 Å². The van der Waals surface area contributed by atoms with E-state index in [-0.39, 0.29) is 18.4 Å². The van der Waals surface area contributed by atoms with Gasteiger partial charge in [-0.05, 0) is 74.2 Å². The van der Waals surface area contributed by atoms with Crippen LogP contribution in [0.2, 0.25) is 0 Å². The van der Waals surface area contributed by atoms with Gasteiger partial charge >= 0.3 is 6.18 Å². The van der Waals surface area contributed by atoms with E-state index in [2.05, 4.69) is 17.4 Å². The molecule has 2 aromatic carbocycles. The molecule has 2 aromatic rings. The number of carbonyl (C=O) groups is 1. The molecule has 1 amide bonds. The van der Waals surface area contributed by atoms with Crippen LogP contribution in [-0.4, -0.2) is 30.6 Å². The Hall–Kier alpha value is -2.70. The van der Waals surface area contributed by atoms with E-state index in [1.165, 1.54) is 0 Å². The van der Waals surface area contributed by atoms with Crippen molar-refractivity contribution in [2.75, 3.05) is 23.3 Å². The molecule has 1 fully saturated rings. The molecular formula is C23H26F3N3O. The van der Waals surface area contributed by atoms with Crippen molar-refractivity contribution in [2.45, 2.75) is 44.9 Å². The van der Waals surface area contributed by atoms with E-state index >= 15 is 0 Å². The van der Waals surface area contributed by atoms with Crippen molar-refractivity contribution < 1.29 is 18.0 Å². The van der Waals surface area contributed by atoms with Gasteiger partial charge in [-0.2, -0.15) is 13.2 Å². The van der Waals surface area contributed by atoms with Crippen molar-refractivity contribution in [1.29, 1.82) is 0 Å². The Bertz CT molecular complexity index is 916. The lowest BCUT2D eigenvalue weighted by atomic mass is 9.94. The Labute approximate surface area is 174 Å². The quantitative estimate of drug-likeness (QED) is 0.675. The van der Waals surface area contributed by atoms with Crippen LogP contribution in [0.25, 0.3) is 0 Å². The second-order valence-corrected chi connectivity index (χ2v) is 8.64. The highest BCUT2D eigenvalue weighted by Gasteiger charge is 2.41. The Morgan fingerprint density at radius 2 is 1.67 bits per heavy atom. The van der Waals surface area contributed by atoms with E-state index in [9.17, 15) is 18.0 Å². The van der Waals surface area contributed by atoms with Crippen LogP contribution in [0.5, 0.6) is 0 Å². The van der Waals surface area contributed by atoms with Crippen molar-refractivity contribution in [3.05, 3.63) is 53.6 Å². The minimum absolute atomic E-state index is 0.146. The number of anilines is 3. The fraction of sp³-hybridized carbons (Fsp3) is 0.435. The molecule has 160 valence electrons. The van der Waals surface area contributed by atoms with E-state index in [0.29, 0.717) is 19.6 Å². The van der Waals surface area contributed by atoms with Crippen molar-refractivity contribution in [1.82, 2.24) is 4.90 Å². The molecule has 2 aliphatic rings. The first kappa shape index (κ1) is 20.6. The monoisotopic (exact) mass is 417 g/mol. The maximum absolute atomic E-state index is 12.9. The van der Waals surface area contributed by atoms with Crippen LogP contribution in [0.1, 0.15) is 37.8 Å². The first-order valence-corrected chi connectivity index (χ1v) is 10.2. The van der Waals surface area contributed by atoms with Gasteiger partial charge in [0, 0.05) is 36.7 Å². The minimum Gasteiger partial charge on any atom is -0.372 e. The van der Waals surface area contributed by atoms with Gasteiger partial charge in [-0.1, -0.05) is 6.07 Å². The maximum Gasteiger partial charge on any atom is 0.391 e. The molecule has 7 heteroatoms. The summed E-state index contributed by atoms with van der Waals surface area (Å²) in [6.07, 6.45) is -2.91. The van der Waals surface area contributed by atoms with Crippen molar-refractivity contribution in [3.8, 4) is 0 Å². The summed E-state index contributed by atoms with van der Waals surface area (Å²) in [6.45, 7) is 5.51. The smallest absolute Gasteiger partial charge is 0.372 e. The first-order valence-electron chi connectivity index (χ1n) is 10.2. The van der Waals surface area contributed by atoms with Gasteiger partial charge in [0.25, 0.3) is 0 Å². The maximum atomic E-state index is 12.9. The van der Waals surface area contributed by atoms with Crippen LogP contribution in [0.3, 0.4) is 0 Å². The van der Waals surface area contributed by atoms with Gasteiger partial charge in [0.15, 0.2) is 0 Å². The molecule has 4 nitrogen and oxygen atoms in total. The van der Waals surface area contributed by atoms with Crippen molar-refractivity contribution in [3.63, 3.8) is 0 Å². The third-order valence-corrected chi connectivity index (χ3v) is 6.43. The third-order valence-electron chi connectivity index (χ3n) is 6.43. The normalized spacial score (nSPS) is 19.0. The van der Waals surface area contributed by atoms with Crippen LogP contribution in [-0.2, 0) is 16.9 Å². The number of hydrogen-bond donors (Lipinski definition) is 1. The SMILES string of the molecule is CC1(C)c2ccc(Nc3ccc(N4CCC(C(F)(F)F)CC4)cc3)cc2CN1C=O. The zero-order valence-corrected chi connectivity index (χ0v) is 17.2. The lowest BCUT2D eigenvalue weighted by Gasteiger charge is -2.34. The number of nitrogens with one attached hydrogen (secondary N) is 1. The molecule has 0 atom stereocenters. The standard InChI is InChI=1S/C23H26F3N3O/c1-22(2)21-8-5-19(13-16(21)14-29(22)15-30)27-18-3-6-20(7-4-18)28-11-9-17(10-12-28)23(24,25)26/h3-8,13,15,17,27H,9-12,14H2,1-2H3. The third kappa shape index (κ3) is 3.85. The molecule has 2 aliphatic heterocycles. The van der Waals surface area contributed by atoms with Crippen LogP contribution in [0.15, 0.2) is 42.5 Å². The van der Waals surface area contributed by atoms with Gasteiger partial charge in [-0.25, -0.2) is 0 Å². The molecule has 0 spiro atoms. The highest BCUT2D eigenvalue weighted by atomic mass is 19.4. The summed E-state index contributed by atoms with van der Waals surface area (Å²) < 4.78 is 38.6. The van der Waals surface area contributed by atoms with E-state index in [1.807, 2.05) is 49.1 Å². The lowest BCUT2D eigenvalue weighted by Crippen LogP contribution is -2.38. The molecule has 0 radical (unpaired) electrons. The summed E-state index contributed by atoms with van der Waals surface area (Å²) in [5, 5.41) is 3.38. The molecule has 0 aliphatic carbocycles. The molecule has 30 heavy (non-hydrogen) atoms. The number of hydrogen-bond acceptors (Lipinski definition) is 3. The Kier molecular flexibility index (Phi) is 5.16. The minimum atomic E-state index is -4.09. The largest absolute Gasteiger partial charge is 0.391 e. The number of benzene rings is 2. The molecule has 4 rings (SSSR count). The van der Waals surface area contributed by atoms with Crippen molar-refractivity contribution >= 4 is 23.5 Å². The second kappa shape index (κ2) is 7.52. The predicted molar refractivity (Wildman–Crippen MR) is 112 cm³/mol. The number of nitrogens with zero attached hydrogens (tertiary/aromatic N) is 2. The number of amides is 1. The molecule has 2 heterocycles. The van der Waals surface area contributed by atoms with E-state index < -0.39 is 12.1 Å². The van der Waals surface area contributed by atoms with Crippen LogP contribution >= 0.6 is 0 Å².